The lowest BCUT2D eigenvalue weighted by Crippen LogP contribution is -2.42. The van der Waals surface area contributed by atoms with Crippen LogP contribution in [0, 0.1) is 5.92 Å². The topological polar surface area (TPSA) is 51.7 Å². The monoisotopic (exact) mass is 382 g/mol. The van der Waals surface area contributed by atoms with Crippen molar-refractivity contribution in [3.05, 3.63) is 59.9 Å². The van der Waals surface area contributed by atoms with Crippen LogP contribution < -0.4 is 4.74 Å². The fourth-order valence-electron chi connectivity index (χ4n) is 3.35. The maximum atomic E-state index is 12.2. The average molecular weight is 383 g/mol. The molecule has 1 aliphatic rings. The third kappa shape index (κ3) is 6.25. The van der Waals surface area contributed by atoms with Gasteiger partial charge in [-0.2, -0.15) is 0 Å². The lowest BCUT2D eigenvalue weighted by atomic mass is 9.90. The van der Waals surface area contributed by atoms with E-state index >= 15 is 0 Å². The summed E-state index contributed by atoms with van der Waals surface area (Å²) in [7, 11) is 0. The van der Waals surface area contributed by atoms with Crippen molar-refractivity contribution >= 4 is 6.09 Å². The minimum Gasteiger partial charge on any atom is -0.489 e. The predicted octanol–water partition coefficient (Wildman–Crippen LogP) is 4.85. The van der Waals surface area contributed by atoms with Crippen molar-refractivity contribution in [2.45, 2.75) is 52.2 Å². The first kappa shape index (κ1) is 20.2. The molecule has 0 N–H and O–H groups in total. The van der Waals surface area contributed by atoms with Crippen molar-refractivity contribution in [1.82, 2.24) is 9.88 Å². The van der Waals surface area contributed by atoms with E-state index < -0.39 is 5.60 Å². The van der Waals surface area contributed by atoms with Crippen molar-refractivity contribution in [3.63, 3.8) is 0 Å². The maximum Gasteiger partial charge on any atom is 0.410 e. The molecule has 0 radical (unpaired) electrons. The highest BCUT2D eigenvalue weighted by molar-refractivity contribution is 5.68. The Balaban J connectivity index is 1.43. The number of rotatable bonds is 5. The molecule has 5 nitrogen and oxygen atoms in total. The Morgan fingerprint density at radius 3 is 2.25 bits per heavy atom. The van der Waals surface area contributed by atoms with E-state index in [4.69, 9.17) is 9.47 Å². The third-order valence-electron chi connectivity index (χ3n) is 4.87. The van der Waals surface area contributed by atoms with Gasteiger partial charge >= 0.3 is 6.09 Å². The van der Waals surface area contributed by atoms with Crippen molar-refractivity contribution in [1.29, 1.82) is 0 Å². The largest absolute Gasteiger partial charge is 0.489 e. The van der Waals surface area contributed by atoms with Gasteiger partial charge in [-0.1, -0.05) is 24.3 Å². The highest BCUT2D eigenvalue weighted by Gasteiger charge is 2.26. The van der Waals surface area contributed by atoms with Gasteiger partial charge in [0, 0.05) is 25.5 Å². The molecule has 3 rings (SSSR count). The molecule has 0 atom stereocenters. The van der Waals surface area contributed by atoms with Crippen LogP contribution in [0.15, 0.2) is 48.8 Å². The molecule has 0 bridgehead atoms. The number of nitrogens with zero attached hydrogens (tertiary/aromatic N) is 2. The Bertz CT molecular complexity index is 746. The zero-order chi connectivity index (χ0) is 20.0. The first-order valence-electron chi connectivity index (χ1n) is 9.97. The maximum absolute atomic E-state index is 12.2. The molecule has 1 aliphatic heterocycles. The van der Waals surface area contributed by atoms with Gasteiger partial charge in [0.15, 0.2) is 0 Å². The number of pyridine rings is 1. The number of likely N-dealkylation sites (tertiary alicyclic amines) is 1. The number of ether oxygens (including phenoxy) is 2. The van der Waals surface area contributed by atoms with Crippen LogP contribution in [0.4, 0.5) is 4.79 Å². The van der Waals surface area contributed by atoms with E-state index in [1.807, 2.05) is 37.8 Å². The minimum atomic E-state index is -0.434. The number of carbonyl (C=O) groups excluding carboxylic acids is 1. The van der Waals surface area contributed by atoms with Crippen LogP contribution in [0.5, 0.6) is 5.75 Å². The second-order valence-electron chi connectivity index (χ2n) is 8.40. The van der Waals surface area contributed by atoms with E-state index in [-0.39, 0.29) is 6.09 Å². The van der Waals surface area contributed by atoms with Crippen LogP contribution in [0.1, 0.15) is 44.7 Å². The van der Waals surface area contributed by atoms with Gasteiger partial charge in [-0.15, -0.1) is 0 Å². The SMILES string of the molecule is CC(C)(C)OC(=O)N1CCC(Cc2ccc(COc3ccncc3)cc2)CC1. The summed E-state index contributed by atoms with van der Waals surface area (Å²) in [4.78, 5) is 18.0. The molecule has 1 amide bonds. The van der Waals surface area contributed by atoms with E-state index in [1.54, 1.807) is 12.4 Å². The number of carbonyl (C=O) groups is 1. The van der Waals surface area contributed by atoms with Gasteiger partial charge in [0.1, 0.15) is 18.0 Å². The van der Waals surface area contributed by atoms with Gasteiger partial charge in [0.05, 0.1) is 0 Å². The predicted molar refractivity (Wildman–Crippen MR) is 109 cm³/mol. The number of hydrogen-bond acceptors (Lipinski definition) is 4. The van der Waals surface area contributed by atoms with Crippen LogP contribution >= 0.6 is 0 Å². The molecule has 1 aromatic carbocycles. The smallest absolute Gasteiger partial charge is 0.410 e. The zero-order valence-electron chi connectivity index (χ0n) is 17.1. The fourth-order valence-corrected chi connectivity index (χ4v) is 3.35. The van der Waals surface area contributed by atoms with Crippen molar-refractivity contribution < 1.29 is 14.3 Å². The molecule has 0 spiro atoms. The highest BCUT2D eigenvalue weighted by atomic mass is 16.6. The summed E-state index contributed by atoms with van der Waals surface area (Å²) in [6.07, 6.45) is 6.36. The van der Waals surface area contributed by atoms with Crippen molar-refractivity contribution in [3.8, 4) is 5.75 Å². The summed E-state index contributed by atoms with van der Waals surface area (Å²) >= 11 is 0. The Kier molecular flexibility index (Phi) is 6.55. The Hall–Kier alpha value is -2.56. The van der Waals surface area contributed by atoms with Gasteiger partial charge in [0.25, 0.3) is 0 Å². The fraction of sp³-hybridized carbons (Fsp3) is 0.478. The summed E-state index contributed by atoms with van der Waals surface area (Å²) in [6, 6.07) is 12.4. The number of aromatic nitrogens is 1. The standard InChI is InChI=1S/C23H30N2O3/c1-23(2,3)28-22(26)25-14-10-19(11-15-25)16-18-4-6-20(7-5-18)17-27-21-8-12-24-13-9-21/h4-9,12-13,19H,10-11,14-17H2,1-3H3. The van der Waals surface area contributed by atoms with Crippen LogP contribution in [-0.2, 0) is 17.8 Å². The third-order valence-corrected chi connectivity index (χ3v) is 4.87. The normalized spacial score (nSPS) is 15.3. The number of amides is 1. The molecule has 0 aliphatic carbocycles. The van der Waals surface area contributed by atoms with Crippen LogP contribution in [0.2, 0.25) is 0 Å². The number of piperidine rings is 1. The van der Waals surface area contributed by atoms with E-state index in [1.165, 1.54) is 5.56 Å². The molecule has 0 saturated carbocycles. The molecular weight excluding hydrogens is 352 g/mol. The van der Waals surface area contributed by atoms with Gasteiger partial charge in [0.2, 0.25) is 0 Å². The molecule has 1 fully saturated rings. The molecule has 5 heteroatoms. The second-order valence-corrected chi connectivity index (χ2v) is 8.40. The number of benzene rings is 1. The lowest BCUT2D eigenvalue weighted by molar-refractivity contribution is 0.0184. The van der Waals surface area contributed by atoms with Gasteiger partial charge in [-0.25, -0.2) is 4.79 Å². The molecule has 1 aromatic heterocycles. The Morgan fingerprint density at radius 2 is 1.64 bits per heavy atom. The quantitative estimate of drug-likeness (QED) is 0.742. The first-order valence-corrected chi connectivity index (χ1v) is 9.97. The van der Waals surface area contributed by atoms with Crippen LogP contribution in [0.25, 0.3) is 0 Å². The summed E-state index contributed by atoms with van der Waals surface area (Å²) < 4.78 is 11.2. The van der Waals surface area contributed by atoms with Crippen LogP contribution in [-0.4, -0.2) is 34.7 Å². The van der Waals surface area contributed by atoms with Crippen molar-refractivity contribution in [2.24, 2.45) is 5.92 Å². The molecule has 0 unspecified atom stereocenters. The summed E-state index contributed by atoms with van der Waals surface area (Å²) in [5, 5.41) is 0. The molecule has 2 aromatic rings. The van der Waals surface area contributed by atoms with E-state index in [9.17, 15) is 4.79 Å². The van der Waals surface area contributed by atoms with Gasteiger partial charge < -0.3 is 14.4 Å². The first-order chi connectivity index (χ1) is 13.4. The molecule has 1 saturated heterocycles. The van der Waals surface area contributed by atoms with E-state index in [2.05, 4.69) is 29.2 Å². The summed E-state index contributed by atoms with van der Waals surface area (Å²) in [5.74, 6) is 1.44. The minimum absolute atomic E-state index is 0.190. The van der Waals surface area contributed by atoms with E-state index in [0.717, 1.165) is 43.7 Å². The molecule has 150 valence electrons. The second kappa shape index (κ2) is 9.09. The van der Waals surface area contributed by atoms with E-state index in [0.29, 0.717) is 12.5 Å². The van der Waals surface area contributed by atoms with Crippen molar-refractivity contribution in [2.75, 3.05) is 13.1 Å². The average Bonchev–Trinajstić information content (AvgIpc) is 2.67. The molecule has 28 heavy (non-hydrogen) atoms. The Morgan fingerprint density at radius 1 is 1.04 bits per heavy atom. The Labute approximate surface area is 167 Å². The van der Waals surface area contributed by atoms with Gasteiger partial charge in [-0.3, -0.25) is 4.98 Å². The molecule has 2 heterocycles. The molecular formula is C23H30N2O3. The summed E-state index contributed by atoms with van der Waals surface area (Å²) in [5.41, 5.74) is 2.06. The lowest BCUT2D eigenvalue weighted by Gasteiger charge is -2.33. The van der Waals surface area contributed by atoms with Gasteiger partial charge in [-0.05, 0) is 69.2 Å². The zero-order valence-corrected chi connectivity index (χ0v) is 17.1. The van der Waals surface area contributed by atoms with Crippen LogP contribution in [0.3, 0.4) is 0 Å². The number of hydrogen-bond donors (Lipinski definition) is 0. The summed E-state index contributed by atoms with van der Waals surface area (Å²) in [6.45, 7) is 7.82. The highest BCUT2D eigenvalue weighted by Crippen LogP contribution is 2.23.